The van der Waals surface area contributed by atoms with Crippen molar-refractivity contribution in [1.29, 1.82) is 0 Å². The van der Waals surface area contributed by atoms with Gasteiger partial charge in [-0.15, -0.1) is 0 Å². The van der Waals surface area contributed by atoms with Crippen molar-refractivity contribution in [2.45, 2.75) is 26.3 Å². The largest absolute Gasteiger partial charge is 0.454 e. The molecule has 2 N–H and O–H groups in total. The maximum absolute atomic E-state index is 13.6. The van der Waals surface area contributed by atoms with Crippen molar-refractivity contribution in [2.24, 2.45) is 5.73 Å². The Balaban J connectivity index is 2.17. The molecule has 0 aliphatic carbocycles. The third kappa shape index (κ3) is 3.32. The van der Waals surface area contributed by atoms with E-state index in [0.29, 0.717) is 5.75 Å². The Hall–Kier alpha value is -1.87. The van der Waals surface area contributed by atoms with E-state index in [1.54, 1.807) is 12.1 Å². The molecule has 100 valence electrons. The molecule has 0 radical (unpaired) electrons. The topological polar surface area (TPSA) is 35.2 Å². The van der Waals surface area contributed by atoms with Crippen molar-refractivity contribution in [2.75, 3.05) is 0 Å². The molecule has 19 heavy (non-hydrogen) atoms. The summed E-state index contributed by atoms with van der Waals surface area (Å²) in [6.07, 6.45) is 0.882. The van der Waals surface area contributed by atoms with Crippen LogP contribution in [0.5, 0.6) is 11.5 Å². The van der Waals surface area contributed by atoms with Gasteiger partial charge in [-0.2, -0.15) is 0 Å². The molecule has 3 heteroatoms. The third-order valence-corrected chi connectivity index (χ3v) is 3.06. The maximum atomic E-state index is 13.6. The van der Waals surface area contributed by atoms with Crippen LogP contribution in [0.25, 0.3) is 0 Å². The van der Waals surface area contributed by atoms with Crippen LogP contribution in [-0.2, 0) is 0 Å². The van der Waals surface area contributed by atoms with Gasteiger partial charge in [0.15, 0.2) is 11.6 Å². The molecular formula is C16H18FNO. The van der Waals surface area contributed by atoms with Gasteiger partial charge in [0.25, 0.3) is 0 Å². The van der Waals surface area contributed by atoms with Gasteiger partial charge >= 0.3 is 0 Å². The molecule has 0 amide bonds. The number of nitrogens with two attached hydrogens (primary N) is 1. The van der Waals surface area contributed by atoms with Gasteiger partial charge in [-0.3, -0.25) is 0 Å². The molecule has 0 saturated heterocycles. The van der Waals surface area contributed by atoms with E-state index in [1.165, 1.54) is 6.07 Å². The zero-order chi connectivity index (χ0) is 13.8. The molecule has 2 rings (SSSR count). The molecule has 0 fully saturated rings. The zero-order valence-corrected chi connectivity index (χ0v) is 11.2. The van der Waals surface area contributed by atoms with Crippen molar-refractivity contribution in [3.05, 3.63) is 59.4 Å². The number of benzene rings is 2. The fraction of sp³-hybridized carbons (Fsp3) is 0.250. The number of halogens is 1. The first-order valence-electron chi connectivity index (χ1n) is 6.39. The number of ether oxygens (including phenoxy) is 1. The van der Waals surface area contributed by atoms with Crippen molar-refractivity contribution < 1.29 is 9.13 Å². The van der Waals surface area contributed by atoms with Crippen molar-refractivity contribution >= 4 is 0 Å². The molecule has 0 aliphatic rings. The van der Waals surface area contributed by atoms with E-state index < -0.39 is 0 Å². The van der Waals surface area contributed by atoms with Crippen molar-refractivity contribution in [3.8, 4) is 11.5 Å². The van der Waals surface area contributed by atoms with E-state index in [0.717, 1.165) is 17.5 Å². The van der Waals surface area contributed by atoms with Gasteiger partial charge in [0.1, 0.15) is 5.75 Å². The quantitative estimate of drug-likeness (QED) is 0.886. The van der Waals surface area contributed by atoms with E-state index in [1.807, 2.05) is 38.1 Å². The van der Waals surface area contributed by atoms with Crippen LogP contribution >= 0.6 is 0 Å². The maximum Gasteiger partial charge on any atom is 0.165 e. The van der Waals surface area contributed by atoms with Crippen LogP contribution in [0, 0.1) is 12.7 Å². The summed E-state index contributed by atoms with van der Waals surface area (Å²) in [6.45, 7) is 3.94. The van der Waals surface area contributed by atoms with Crippen LogP contribution in [-0.4, -0.2) is 0 Å². The summed E-state index contributed by atoms with van der Waals surface area (Å²) in [5, 5.41) is 0. The Morgan fingerprint density at radius 3 is 2.47 bits per heavy atom. The lowest BCUT2D eigenvalue weighted by Crippen LogP contribution is -2.08. The molecule has 2 aromatic carbocycles. The smallest absolute Gasteiger partial charge is 0.165 e. The normalized spacial score (nSPS) is 12.2. The summed E-state index contributed by atoms with van der Waals surface area (Å²) in [5.74, 6) is 0.490. The SMILES string of the molecule is CC[C@H](N)c1ccc(Oc2cc(C)ccc2F)cc1. The van der Waals surface area contributed by atoms with Crippen LogP contribution in [0.2, 0.25) is 0 Å². The predicted octanol–water partition coefficient (Wildman–Crippen LogP) is 4.34. The Morgan fingerprint density at radius 1 is 1.16 bits per heavy atom. The van der Waals surface area contributed by atoms with Gasteiger partial charge in [-0.25, -0.2) is 4.39 Å². The summed E-state index contributed by atoms with van der Waals surface area (Å²) in [7, 11) is 0. The molecule has 0 bridgehead atoms. The van der Waals surface area contributed by atoms with Gasteiger partial charge in [0.05, 0.1) is 0 Å². The van der Waals surface area contributed by atoms with Crippen LogP contribution in [0.4, 0.5) is 4.39 Å². The van der Waals surface area contributed by atoms with E-state index >= 15 is 0 Å². The molecule has 0 heterocycles. The molecule has 0 aromatic heterocycles. The highest BCUT2D eigenvalue weighted by Gasteiger charge is 2.06. The van der Waals surface area contributed by atoms with E-state index in [4.69, 9.17) is 10.5 Å². The minimum absolute atomic E-state index is 0.0322. The first kappa shape index (κ1) is 13.6. The van der Waals surface area contributed by atoms with Gasteiger partial charge in [0, 0.05) is 6.04 Å². The summed E-state index contributed by atoms with van der Waals surface area (Å²) in [5.41, 5.74) is 7.95. The van der Waals surface area contributed by atoms with Gasteiger partial charge in [-0.05, 0) is 48.7 Å². The fourth-order valence-corrected chi connectivity index (χ4v) is 1.83. The van der Waals surface area contributed by atoms with Crippen LogP contribution in [0.1, 0.15) is 30.5 Å². The molecular weight excluding hydrogens is 241 g/mol. The van der Waals surface area contributed by atoms with E-state index in [-0.39, 0.29) is 17.6 Å². The Bertz CT molecular complexity index is 551. The monoisotopic (exact) mass is 259 g/mol. The first-order valence-corrected chi connectivity index (χ1v) is 6.39. The average Bonchev–Trinajstić information content (AvgIpc) is 2.43. The first-order chi connectivity index (χ1) is 9.10. The number of aryl methyl sites for hydroxylation is 1. The second-order valence-corrected chi connectivity index (χ2v) is 4.62. The van der Waals surface area contributed by atoms with Crippen LogP contribution in [0.3, 0.4) is 0 Å². The molecule has 0 aliphatic heterocycles. The molecule has 0 saturated carbocycles. The summed E-state index contributed by atoms with van der Waals surface area (Å²) < 4.78 is 19.1. The van der Waals surface area contributed by atoms with Crippen molar-refractivity contribution in [3.63, 3.8) is 0 Å². The summed E-state index contributed by atoms with van der Waals surface area (Å²) in [6, 6.07) is 12.3. The number of hydrogen-bond donors (Lipinski definition) is 1. The highest BCUT2D eigenvalue weighted by molar-refractivity contribution is 5.36. The minimum atomic E-state index is -0.361. The molecule has 2 aromatic rings. The third-order valence-electron chi connectivity index (χ3n) is 3.06. The minimum Gasteiger partial charge on any atom is -0.454 e. The number of hydrogen-bond acceptors (Lipinski definition) is 2. The average molecular weight is 259 g/mol. The molecule has 0 unspecified atom stereocenters. The Kier molecular flexibility index (Phi) is 4.17. The number of rotatable bonds is 4. The highest BCUT2D eigenvalue weighted by Crippen LogP contribution is 2.26. The molecule has 2 nitrogen and oxygen atoms in total. The Morgan fingerprint density at radius 2 is 1.84 bits per heavy atom. The lowest BCUT2D eigenvalue weighted by Gasteiger charge is -2.11. The lowest BCUT2D eigenvalue weighted by atomic mass is 10.1. The zero-order valence-electron chi connectivity index (χ0n) is 11.2. The second-order valence-electron chi connectivity index (χ2n) is 4.62. The van der Waals surface area contributed by atoms with E-state index in [9.17, 15) is 4.39 Å². The van der Waals surface area contributed by atoms with Gasteiger partial charge in [0.2, 0.25) is 0 Å². The Labute approximate surface area is 113 Å². The van der Waals surface area contributed by atoms with Gasteiger partial charge < -0.3 is 10.5 Å². The van der Waals surface area contributed by atoms with Crippen molar-refractivity contribution in [1.82, 2.24) is 0 Å². The molecule has 0 spiro atoms. The van der Waals surface area contributed by atoms with Gasteiger partial charge in [-0.1, -0.05) is 25.1 Å². The molecule has 1 atom stereocenters. The standard InChI is InChI=1S/C16H18FNO/c1-3-15(18)12-5-7-13(8-6-12)19-16-10-11(2)4-9-14(16)17/h4-10,15H,3,18H2,1-2H3/t15-/m0/s1. The van der Waals surface area contributed by atoms with Crippen LogP contribution < -0.4 is 10.5 Å². The summed E-state index contributed by atoms with van der Waals surface area (Å²) in [4.78, 5) is 0. The highest BCUT2D eigenvalue weighted by atomic mass is 19.1. The summed E-state index contributed by atoms with van der Waals surface area (Å²) >= 11 is 0. The lowest BCUT2D eigenvalue weighted by molar-refractivity contribution is 0.441. The second kappa shape index (κ2) is 5.85. The predicted molar refractivity (Wildman–Crippen MR) is 74.9 cm³/mol. The fourth-order valence-electron chi connectivity index (χ4n) is 1.83. The van der Waals surface area contributed by atoms with E-state index in [2.05, 4.69) is 0 Å². The van der Waals surface area contributed by atoms with Crippen LogP contribution in [0.15, 0.2) is 42.5 Å².